The van der Waals surface area contributed by atoms with Crippen LogP contribution < -0.4 is 5.84 Å². The van der Waals surface area contributed by atoms with Crippen molar-refractivity contribution < 1.29 is 0 Å². The van der Waals surface area contributed by atoms with Gasteiger partial charge in [0.1, 0.15) is 0 Å². The second-order valence-electron chi connectivity index (χ2n) is 3.80. The molecule has 3 heteroatoms. The quantitative estimate of drug-likeness (QED) is 0.698. The Hall–Kier alpha value is -0.900. The molecule has 1 aromatic carbocycles. The lowest BCUT2D eigenvalue weighted by Gasteiger charge is -2.31. The molecule has 0 aliphatic carbocycles. The molecule has 2 rings (SSSR count). The summed E-state index contributed by atoms with van der Waals surface area (Å²) in [6.07, 6.45) is 0. The summed E-state index contributed by atoms with van der Waals surface area (Å²) in [6.45, 7) is 5.16. The highest BCUT2D eigenvalue weighted by Gasteiger charge is 2.13. The Balaban J connectivity index is 1.87. The number of hydrazine groups is 1. The van der Waals surface area contributed by atoms with E-state index in [2.05, 4.69) is 35.2 Å². The fourth-order valence-electron chi connectivity index (χ4n) is 1.76. The average molecular weight is 191 g/mol. The summed E-state index contributed by atoms with van der Waals surface area (Å²) in [5, 5.41) is 1.89. The largest absolute Gasteiger partial charge is 0.296 e. The number of nitrogens with zero attached hydrogens (tertiary/aromatic N) is 2. The normalized spacial score (nSPS) is 19.8. The van der Waals surface area contributed by atoms with Crippen molar-refractivity contribution in [3.63, 3.8) is 0 Å². The van der Waals surface area contributed by atoms with Crippen LogP contribution in [-0.2, 0) is 6.54 Å². The molecule has 0 unspecified atom stereocenters. The van der Waals surface area contributed by atoms with Crippen LogP contribution in [0.15, 0.2) is 30.3 Å². The van der Waals surface area contributed by atoms with Crippen molar-refractivity contribution in [3.8, 4) is 0 Å². The maximum Gasteiger partial charge on any atom is 0.0257 e. The Morgan fingerprint density at radius 2 is 1.64 bits per heavy atom. The molecule has 0 atom stereocenters. The fraction of sp³-hybridized carbons (Fsp3) is 0.455. The van der Waals surface area contributed by atoms with E-state index in [0.717, 1.165) is 32.7 Å². The molecule has 1 fully saturated rings. The first-order chi connectivity index (χ1) is 6.84. The van der Waals surface area contributed by atoms with Crippen LogP contribution in [0, 0.1) is 0 Å². The van der Waals surface area contributed by atoms with E-state index in [-0.39, 0.29) is 0 Å². The van der Waals surface area contributed by atoms with Gasteiger partial charge >= 0.3 is 0 Å². The van der Waals surface area contributed by atoms with Crippen LogP contribution in [-0.4, -0.2) is 36.1 Å². The summed E-state index contributed by atoms with van der Waals surface area (Å²) in [7, 11) is 0. The molecule has 0 amide bonds. The average Bonchev–Trinajstić information content (AvgIpc) is 2.23. The predicted octanol–water partition coefficient (Wildman–Crippen LogP) is 0.678. The number of hydrogen-bond acceptors (Lipinski definition) is 3. The van der Waals surface area contributed by atoms with Gasteiger partial charge in [0.25, 0.3) is 0 Å². The van der Waals surface area contributed by atoms with Crippen molar-refractivity contribution in [2.24, 2.45) is 5.84 Å². The van der Waals surface area contributed by atoms with Crippen LogP contribution in [0.4, 0.5) is 0 Å². The minimum atomic E-state index is 0.979. The highest BCUT2D eigenvalue weighted by Crippen LogP contribution is 2.06. The van der Waals surface area contributed by atoms with Gasteiger partial charge in [-0.15, -0.1) is 0 Å². The zero-order valence-corrected chi connectivity index (χ0v) is 8.39. The molecule has 1 aliphatic rings. The maximum absolute atomic E-state index is 5.70. The molecule has 1 aliphatic heterocycles. The number of nitrogens with two attached hydrogens (primary N) is 1. The summed E-state index contributed by atoms with van der Waals surface area (Å²) in [6, 6.07) is 10.6. The number of rotatable bonds is 2. The lowest BCUT2D eigenvalue weighted by atomic mass is 10.2. The van der Waals surface area contributed by atoms with Gasteiger partial charge in [0.15, 0.2) is 0 Å². The van der Waals surface area contributed by atoms with Gasteiger partial charge in [-0.25, -0.2) is 5.01 Å². The van der Waals surface area contributed by atoms with Gasteiger partial charge in [0.2, 0.25) is 0 Å². The summed E-state index contributed by atoms with van der Waals surface area (Å²) >= 11 is 0. The topological polar surface area (TPSA) is 32.5 Å². The molecular formula is C11H17N3. The third-order valence-corrected chi connectivity index (χ3v) is 2.66. The zero-order valence-electron chi connectivity index (χ0n) is 8.39. The molecule has 0 spiro atoms. The van der Waals surface area contributed by atoms with Crippen molar-refractivity contribution in [2.75, 3.05) is 26.2 Å². The Kier molecular flexibility index (Phi) is 3.14. The van der Waals surface area contributed by atoms with Gasteiger partial charge in [-0.2, -0.15) is 0 Å². The van der Waals surface area contributed by atoms with Crippen molar-refractivity contribution in [2.45, 2.75) is 6.54 Å². The number of piperazine rings is 1. The molecule has 0 bridgehead atoms. The third kappa shape index (κ3) is 2.54. The van der Waals surface area contributed by atoms with Gasteiger partial charge in [0.05, 0.1) is 0 Å². The molecule has 0 radical (unpaired) electrons. The lowest BCUT2D eigenvalue weighted by molar-refractivity contribution is 0.128. The molecule has 1 heterocycles. The Morgan fingerprint density at radius 1 is 1.00 bits per heavy atom. The Bertz CT molecular complexity index is 265. The monoisotopic (exact) mass is 191 g/mol. The second-order valence-corrected chi connectivity index (χ2v) is 3.80. The van der Waals surface area contributed by atoms with E-state index in [0.29, 0.717) is 0 Å². The van der Waals surface area contributed by atoms with Crippen LogP contribution in [0.2, 0.25) is 0 Å². The third-order valence-electron chi connectivity index (χ3n) is 2.66. The van der Waals surface area contributed by atoms with Gasteiger partial charge in [-0.3, -0.25) is 10.7 Å². The minimum Gasteiger partial charge on any atom is -0.296 e. The highest BCUT2D eigenvalue weighted by molar-refractivity contribution is 5.14. The summed E-state index contributed by atoms with van der Waals surface area (Å²) < 4.78 is 0. The SMILES string of the molecule is NN1CCN(Cc2ccccc2)CC1. The van der Waals surface area contributed by atoms with Gasteiger partial charge in [-0.05, 0) is 5.56 Å². The van der Waals surface area contributed by atoms with E-state index in [1.807, 2.05) is 5.01 Å². The highest BCUT2D eigenvalue weighted by atomic mass is 15.4. The van der Waals surface area contributed by atoms with E-state index in [4.69, 9.17) is 5.84 Å². The first-order valence-electron chi connectivity index (χ1n) is 5.10. The molecule has 3 nitrogen and oxygen atoms in total. The van der Waals surface area contributed by atoms with E-state index in [9.17, 15) is 0 Å². The van der Waals surface area contributed by atoms with Gasteiger partial charge < -0.3 is 0 Å². The van der Waals surface area contributed by atoms with Crippen molar-refractivity contribution in [1.82, 2.24) is 9.91 Å². The maximum atomic E-state index is 5.70. The fourth-order valence-corrected chi connectivity index (χ4v) is 1.76. The zero-order chi connectivity index (χ0) is 9.80. The van der Waals surface area contributed by atoms with Crippen LogP contribution in [0.5, 0.6) is 0 Å². The first kappa shape index (κ1) is 9.65. The van der Waals surface area contributed by atoms with Crippen molar-refractivity contribution >= 4 is 0 Å². The number of hydrogen-bond donors (Lipinski definition) is 1. The molecule has 14 heavy (non-hydrogen) atoms. The molecule has 2 N–H and O–H groups in total. The van der Waals surface area contributed by atoms with Gasteiger partial charge in [0, 0.05) is 32.7 Å². The smallest absolute Gasteiger partial charge is 0.0257 e. The first-order valence-corrected chi connectivity index (χ1v) is 5.10. The predicted molar refractivity (Wildman–Crippen MR) is 57.5 cm³/mol. The Morgan fingerprint density at radius 3 is 2.29 bits per heavy atom. The van der Waals surface area contributed by atoms with E-state index in [1.165, 1.54) is 5.56 Å². The van der Waals surface area contributed by atoms with Crippen LogP contribution in [0.25, 0.3) is 0 Å². The van der Waals surface area contributed by atoms with E-state index >= 15 is 0 Å². The molecule has 1 aromatic rings. The van der Waals surface area contributed by atoms with Crippen LogP contribution in [0.1, 0.15) is 5.56 Å². The molecular weight excluding hydrogens is 174 g/mol. The molecule has 76 valence electrons. The van der Waals surface area contributed by atoms with Crippen LogP contribution in [0.3, 0.4) is 0 Å². The summed E-state index contributed by atoms with van der Waals surface area (Å²) in [4.78, 5) is 2.44. The van der Waals surface area contributed by atoms with Crippen LogP contribution >= 0.6 is 0 Å². The Labute approximate surface area is 85.1 Å². The molecule has 0 aromatic heterocycles. The minimum absolute atomic E-state index is 0.979. The van der Waals surface area contributed by atoms with Crippen molar-refractivity contribution in [1.29, 1.82) is 0 Å². The second kappa shape index (κ2) is 4.55. The van der Waals surface area contributed by atoms with Crippen molar-refractivity contribution in [3.05, 3.63) is 35.9 Å². The standard InChI is InChI=1S/C11H17N3/c12-14-8-6-13(7-9-14)10-11-4-2-1-3-5-11/h1-5H,6-10,12H2. The summed E-state index contributed by atoms with van der Waals surface area (Å²) in [5.41, 5.74) is 1.39. The lowest BCUT2D eigenvalue weighted by Crippen LogP contribution is -2.48. The summed E-state index contributed by atoms with van der Waals surface area (Å²) in [5.74, 6) is 5.70. The van der Waals surface area contributed by atoms with Gasteiger partial charge in [-0.1, -0.05) is 30.3 Å². The van der Waals surface area contributed by atoms with E-state index < -0.39 is 0 Å². The molecule has 1 saturated heterocycles. The molecule has 0 saturated carbocycles. The number of benzene rings is 1. The van der Waals surface area contributed by atoms with E-state index in [1.54, 1.807) is 0 Å².